The highest BCUT2D eigenvalue weighted by atomic mass is 16.5. The summed E-state index contributed by atoms with van der Waals surface area (Å²) in [5, 5.41) is 9.30. The first-order chi connectivity index (χ1) is 9.18. The Bertz CT molecular complexity index is 593. The van der Waals surface area contributed by atoms with Crippen LogP contribution in [0.4, 0.5) is 11.4 Å². The summed E-state index contributed by atoms with van der Waals surface area (Å²) in [4.78, 5) is 13.1. The highest BCUT2D eigenvalue weighted by molar-refractivity contribution is 5.87. The average molecular weight is 255 g/mol. The number of carboxylic acids is 1. The van der Waals surface area contributed by atoms with E-state index in [9.17, 15) is 9.90 Å². The third-order valence-electron chi connectivity index (χ3n) is 3.21. The van der Waals surface area contributed by atoms with E-state index < -0.39 is 12.0 Å². The third-order valence-corrected chi connectivity index (χ3v) is 3.21. The van der Waals surface area contributed by atoms with Gasteiger partial charge in [-0.15, -0.1) is 0 Å². The molecule has 4 nitrogen and oxygen atoms in total. The van der Waals surface area contributed by atoms with Crippen LogP contribution in [0, 0.1) is 0 Å². The molecule has 0 spiro atoms. The average Bonchev–Trinajstić information content (AvgIpc) is 2.43. The van der Waals surface area contributed by atoms with Crippen molar-refractivity contribution in [3.8, 4) is 11.5 Å². The molecule has 2 aromatic carbocycles. The number of anilines is 2. The Morgan fingerprint density at radius 2 is 1.53 bits per heavy atom. The lowest BCUT2D eigenvalue weighted by Crippen LogP contribution is -2.36. The number of hydrogen-bond acceptors (Lipinski definition) is 3. The van der Waals surface area contributed by atoms with Crippen LogP contribution in [0.5, 0.6) is 11.5 Å². The van der Waals surface area contributed by atoms with Gasteiger partial charge in [0, 0.05) is 0 Å². The van der Waals surface area contributed by atoms with Crippen molar-refractivity contribution in [3.63, 3.8) is 0 Å². The van der Waals surface area contributed by atoms with Gasteiger partial charge in [-0.25, -0.2) is 4.79 Å². The Balaban J connectivity index is 2.19. The molecule has 0 fully saturated rings. The zero-order valence-corrected chi connectivity index (χ0v) is 10.4. The Labute approximate surface area is 110 Å². The predicted molar refractivity (Wildman–Crippen MR) is 72.2 cm³/mol. The van der Waals surface area contributed by atoms with Crippen molar-refractivity contribution in [1.82, 2.24) is 0 Å². The number of aliphatic carboxylic acids is 1. The SMILES string of the molecule is CC(C(=O)O)N1c2ccccc2Oc2ccccc21. The number of fused-ring (bicyclic) bond motifs is 2. The van der Waals surface area contributed by atoms with Gasteiger partial charge in [0.05, 0.1) is 11.4 Å². The van der Waals surface area contributed by atoms with E-state index in [2.05, 4.69) is 0 Å². The number of nitrogens with zero attached hydrogens (tertiary/aromatic N) is 1. The van der Waals surface area contributed by atoms with Crippen LogP contribution in [-0.4, -0.2) is 17.1 Å². The van der Waals surface area contributed by atoms with Gasteiger partial charge >= 0.3 is 5.97 Å². The van der Waals surface area contributed by atoms with Gasteiger partial charge in [-0.2, -0.15) is 0 Å². The standard InChI is InChI=1S/C15H13NO3/c1-10(15(17)18)16-11-6-2-4-8-13(11)19-14-9-5-3-7-12(14)16/h2-10H,1H3,(H,17,18). The number of carbonyl (C=O) groups is 1. The molecule has 4 heteroatoms. The number of benzene rings is 2. The van der Waals surface area contributed by atoms with E-state index in [4.69, 9.17) is 4.74 Å². The van der Waals surface area contributed by atoms with Crippen molar-refractivity contribution in [2.75, 3.05) is 4.90 Å². The predicted octanol–water partition coefficient (Wildman–Crippen LogP) is 3.40. The Kier molecular flexibility index (Phi) is 2.63. The normalized spacial score (nSPS) is 14.1. The highest BCUT2D eigenvalue weighted by Gasteiger charge is 2.30. The first-order valence-corrected chi connectivity index (χ1v) is 6.06. The van der Waals surface area contributed by atoms with Crippen molar-refractivity contribution >= 4 is 17.3 Å². The second-order valence-electron chi connectivity index (χ2n) is 4.42. The fraction of sp³-hybridized carbons (Fsp3) is 0.133. The van der Waals surface area contributed by atoms with Gasteiger partial charge < -0.3 is 14.7 Å². The lowest BCUT2D eigenvalue weighted by Gasteiger charge is -2.35. The Morgan fingerprint density at radius 1 is 1.05 bits per heavy atom. The monoisotopic (exact) mass is 255 g/mol. The summed E-state index contributed by atoms with van der Waals surface area (Å²) in [5.74, 6) is 0.482. The molecule has 1 N–H and O–H groups in total. The summed E-state index contributed by atoms with van der Waals surface area (Å²) in [7, 11) is 0. The molecule has 0 saturated carbocycles. The Morgan fingerprint density at radius 3 is 2.00 bits per heavy atom. The first-order valence-electron chi connectivity index (χ1n) is 6.06. The third kappa shape index (κ3) is 1.81. The maximum Gasteiger partial charge on any atom is 0.326 e. The molecule has 1 atom stereocenters. The number of ether oxygens (including phenoxy) is 1. The molecule has 0 aliphatic carbocycles. The minimum absolute atomic E-state index is 0.661. The summed E-state index contributed by atoms with van der Waals surface area (Å²) in [6, 6.07) is 14.2. The minimum Gasteiger partial charge on any atom is -0.480 e. The Hall–Kier alpha value is -2.49. The van der Waals surface area contributed by atoms with E-state index >= 15 is 0 Å². The van der Waals surface area contributed by atoms with E-state index in [1.807, 2.05) is 48.5 Å². The van der Waals surface area contributed by atoms with Crippen LogP contribution in [0.25, 0.3) is 0 Å². The number of para-hydroxylation sites is 4. The fourth-order valence-corrected chi connectivity index (χ4v) is 2.26. The molecule has 3 rings (SSSR count). The molecule has 96 valence electrons. The van der Waals surface area contributed by atoms with Crippen molar-refractivity contribution in [1.29, 1.82) is 0 Å². The molecule has 1 aliphatic heterocycles. The summed E-state index contributed by atoms with van der Waals surface area (Å²) in [6.07, 6.45) is 0. The molecule has 1 heterocycles. The van der Waals surface area contributed by atoms with Crippen LogP contribution >= 0.6 is 0 Å². The van der Waals surface area contributed by atoms with Crippen molar-refractivity contribution < 1.29 is 14.6 Å². The zero-order valence-electron chi connectivity index (χ0n) is 10.4. The van der Waals surface area contributed by atoms with Crippen LogP contribution in [0.3, 0.4) is 0 Å². The smallest absolute Gasteiger partial charge is 0.326 e. The molecule has 19 heavy (non-hydrogen) atoms. The molecule has 0 bridgehead atoms. The topological polar surface area (TPSA) is 49.8 Å². The molecule has 0 aromatic heterocycles. The van der Waals surface area contributed by atoms with Crippen LogP contribution < -0.4 is 9.64 Å². The van der Waals surface area contributed by atoms with Crippen LogP contribution in [-0.2, 0) is 4.79 Å². The molecule has 0 amide bonds. The highest BCUT2D eigenvalue weighted by Crippen LogP contribution is 2.47. The second kappa shape index (κ2) is 4.31. The fourth-order valence-electron chi connectivity index (χ4n) is 2.26. The summed E-state index contributed by atoms with van der Waals surface area (Å²) >= 11 is 0. The number of hydrogen-bond donors (Lipinski definition) is 1. The van der Waals surface area contributed by atoms with Crippen LogP contribution in [0.1, 0.15) is 6.92 Å². The van der Waals surface area contributed by atoms with Crippen LogP contribution in [0.2, 0.25) is 0 Å². The molecule has 1 aliphatic rings. The van der Waals surface area contributed by atoms with Gasteiger partial charge in [0.2, 0.25) is 0 Å². The number of carboxylic acid groups (broad SMARTS) is 1. The van der Waals surface area contributed by atoms with Gasteiger partial charge in [0.15, 0.2) is 11.5 Å². The maximum absolute atomic E-state index is 11.3. The zero-order chi connectivity index (χ0) is 13.4. The maximum atomic E-state index is 11.3. The van der Waals surface area contributed by atoms with Crippen LogP contribution in [0.15, 0.2) is 48.5 Å². The molecule has 0 saturated heterocycles. The largest absolute Gasteiger partial charge is 0.480 e. The lowest BCUT2D eigenvalue weighted by molar-refractivity contribution is -0.138. The number of rotatable bonds is 2. The first kappa shape index (κ1) is 11.6. The van der Waals surface area contributed by atoms with Gasteiger partial charge in [-0.1, -0.05) is 24.3 Å². The van der Waals surface area contributed by atoms with Gasteiger partial charge in [0.1, 0.15) is 6.04 Å². The molecular formula is C15H13NO3. The van der Waals surface area contributed by atoms with E-state index in [0.717, 1.165) is 11.4 Å². The van der Waals surface area contributed by atoms with E-state index in [0.29, 0.717) is 11.5 Å². The summed E-state index contributed by atoms with van der Waals surface area (Å²) in [6.45, 7) is 1.67. The summed E-state index contributed by atoms with van der Waals surface area (Å²) < 4.78 is 5.80. The van der Waals surface area contributed by atoms with Gasteiger partial charge in [-0.3, -0.25) is 0 Å². The molecule has 1 unspecified atom stereocenters. The minimum atomic E-state index is -0.869. The molecule has 2 aromatic rings. The summed E-state index contributed by atoms with van der Waals surface area (Å²) in [5.41, 5.74) is 1.55. The quantitative estimate of drug-likeness (QED) is 0.893. The van der Waals surface area contributed by atoms with E-state index in [1.54, 1.807) is 11.8 Å². The molecule has 0 radical (unpaired) electrons. The van der Waals surface area contributed by atoms with Gasteiger partial charge in [0.25, 0.3) is 0 Å². The van der Waals surface area contributed by atoms with E-state index in [1.165, 1.54) is 0 Å². The van der Waals surface area contributed by atoms with Crippen molar-refractivity contribution in [2.45, 2.75) is 13.0 Å². The lowest BCUT2D eigenvalue weighted by atomic mass is 10.1. The molecular weight excluding hydrogens is 242 g/mol. The van der Waals surface area contributed by atoms with Crippen molar-refractivity contribution in [2.24, 2.45) is 0 Å². The van der Waals surface area contributed by atoms with E-state index in [-0.39, 0.29) is 0 Å². The van der Waals surface area contributed by atoms with Crippen molar-refractivity contribution in [3.05, 3.63) is 48.5 Å². The second-order valence-corrected chi connectivity index (χ2v) is 4.42. The van der Waals surface area contributed by atoms with Gasteiger partial charge in [-0.05, 0) is 31.2 Å².